The van der Waals surface area contributed by atoms with Crippen molar-refractivity contribution in [2.75, 3.05) is 5.32 Å². The molecule has 0 aliphatic rings. The number of unbranched alkanes of at least 4 members (excludes halogenated alkanes) is 2. The van der Waals surface area contributed by atoms with Crippen LogP contribution in [-0.4, -0.2) is 21.8 Å². The van der Waals surface area contributed by atoms with E-state index in [2.05, 4.69) is 10.6 Å². The largest absolute Gasteiger partial charge is 0.466 e. The lowest BCUT2D eigenvalue weighted by Gasteiger charge is -2.26. The van der Waals surface area contributed by atoms with Crippen LogP contribution in [0.4, 0.5) is 5.69 Å². The standard InChI is InChI=1S/C16H21Cl3N2O3/c1-3-4-5-9-14(23)21-15(16(17,18)19)24-13-8-6-7-12(10-13)20-11(2)22/h6-8,10,15H,3-5,9H2,1-2H3,(H,20,22)(H,21,23)/t15-/m1/s1. The first-order chi connectivity index (χ1) is 11.2. The van der Waals surface area contributed by atoms with Crippen molar-refractivity contribution in [3.63, 3.8) is 0 Å². The number of anilines is 1. The zero-order valence-corrected chi connectivity index (χ0v) is 15.8. The van der Waals surface area contributed by atoms with Crippen molar-refractivity contribution in [2.45, 2.75) is 49.6 Å². The van der Waals surface area contributed by atoms with Gasteiger partial charge in [-0.1, -0.05) is 60.6 Å². The summed E-state index contributed by atoms with van der Waals surface area (Å²) in [5.74, 6) is -0.112. The van der Waals surface area contributed by atoms with Gasteiger partial charge < -0.3 is 15.4 Å². The summed E-state index contributed by atoms with van der Waals surface area (Å²) < 4.78 is 3.76. The number of benzene rings is 1. The van der Waals surface area contributed by atoms with Crippen LogP contribution in [0.15, 0.2) is 24.3 Å². The molecule has 0 radical (unpaired) electrons. The lowest BCUT2D eigenvalue weighted by atomic mass is 10.2. The molecule has 2 N–H and O–H groups in total. The highest BCUT2D eigenvalue weighted by molar-refractivity contribution is 6.68. The minimum Gasteiger partial charge on any atom is -0.466 e. The monoisotopic (exact) mass is 394 g/mol. The molecule has 0 saturated carbocycles. The van der Waals surface area contributed by atoms with Gasteiger partial charge in [-0.05, 0) is 18.6 Å². The van der Waals surface area contributed by atoms with E-state index < -0.39 is 10.0 Å². The quantitative estimate of drug-likeness (QED) is 0.389. The van der Waals surface area contributed by atoms with Gasteiger partial charge in [0.1, 0.15) is 5.75 Å². The van der Waals surface area contributed by atoms with Gasteiger partial charge in [0.15, 0.2) is 0 Å². The summed E-state index contributed by atoms with van der Waals surface area (Å²) in [6.07, 6.45) is 1.90. The van der Waals surface area contributed by atoms with Gasteiger partial charge >= 0.3 is 0 Å². The van der Waals surface area contributed by atoms with Gasteiger partial charge in [-0.3, -0.25) is 9.59 Å². The van der Waals surface area contributed by atoms with Crippen LogP contribution in [0.25, 0.3) is 0 Å². The fourth-order valence-corrected chi connectivity index (χ4v) is 2.22. The number of amides is 2. The molecule has 0 fully saturated rings. The highest BCUT2D eigenvalue weighted by Crippen LogP contribution is 2.32. The second-order valence-corrected chi connectivity index (χ2v) is 7.64. The molecule has 0 aromatic heterocycles. The molecule has 134 valence electrons. The van der Waals surface area contributed by atoms with Crippen LogP contribution in [0.5, 0.6) is 5.75 Å². The number of carbonyl (C=O) groups excluding carboxylic acids is 2. The first-order valence-electron chi connectivity index (χ1n) is 7.62. The number of hydrogen-bond donors (Lipinski definition) is 2. The fraction of sp³-hybridized carbons (Fsp3) is 0.500. The average molecular weight is 396 g/mol. The minimum atomic E-state index is -1.84. The molecule has 2 amide bonds. The Kier molecular flexibility index (Phi) is 8.67. The summed E-state index contributed by atoms with van der Waals surface area (Å²) in [6, 6.07) is 6.59. The second kappa shape index (κ2) is 9.97. The first kappa shape index (κ1) is 20.9. The molecular weight excluding hydrogens is 375 g/mol. The molecule has 0 bridgehead atoms. The van der Waals surface area contributed by atoms with Gasteiger partial charge in [-0.2, -0.15) is 0 Å². The van der Waals surface area contributed by atoms with Gasteiger partial charge in [0, 0.05) is 25.1 Å². The van der Waals surface area contributed by atoms with Crippen LogP contribution in [0.3, 0.4) is 0 Å². The van der Waals surface area contributed by atoms with E-state index in [4.69, 9.17) is 39.5 Å². The van der Waals surface area contributed by atoms with Crippen molar-refractivity contribution in [3.8, 4) is 5.75 Å². The van der Waals surface area contributed by atoms with E-state index in [9.17, 15) is 9.59 Å². The molecule has 5 nitrogen and oxygen atoms in total. The van der Waals surface area contributed by atoms with E-state index >= 15 is 0 Å². The van der Waals surface area contributed by atoms with E-state index in [1.54, 1.807) is 24.3 Å². The molecule has 1 aromatic carbocycles. The summed E-state index contributed by atoms with van der Waals surface area (Å²) >= 11 is 17.7. The highest BCUT2D eigenvalue weighted by atomic mass is 35.6. The number of carbonyl (C=O) groups is 2. The summed E-state index contributed by atoms with van der Waals surface area (Å²) in [7, 11) is 0. The number of nitrogens with one attached hydrogen (secondary N) is 2. The number of rotatable bonds is 8. The second-order valence-electron chi connectivity index (χ2n) is 5.27. The Hall–Kier alpha value is -1.17. The minimum absolute atomic E-state index is 0.214. The third kappa shape index (κ3) is 8.08. The number of alkyl halides is 3. The van der Waals surface area contributed by atoms with E-state index in [0.717, 1.165) is 19.3 Å². The number of hydrogen-bond acceptors (Lipinski definition) is 3. The molecule has 0 aliphatic heterocycles. The van der Waals surface area contributed by atoms with E-state index in [1.807, 2.05) is 6.92 Å². The maximum absolute atomic E-state index is 12.0. The smallest absolute Gasteiger partial charge is 0.246 e. The predicted octanol–water partition coefficient (Wildman–Crippen LogP) is 4.42. The lowest BCUT2D eigenvalue weighted by Crippen LogP contribution is -2.47. The zero-order valence-electron chi connectivity index (χ0n) is 13.6. The van der Waals surface area contributed by atoms with Crippen molar-refractivity contribution in [1.82, 2.24) is 5.32 Å². The van der Waals surface area contributed by atoms with Crippen molar-refractivity contribution < 1.29 is 14.3 Å². The normalized spacial score (nSPS) is 12.4. The molecule has 0 heterocycles. The maximum atomic E-state index is 12.0. The van der Waals surface area contributed by atoms with Crippen LogP contribution in [0.2, 0.25) is 0 Å². The Morgan fingerprint density at radius 1 is 1.25 bits per heavy atom. The number of ether oxygens (including phenoxy) is 1. The van der Waals surface area contributed by atoms with Crippen molar-refractivity contribution >= 4 is 52.3 Å². The third-order valence-corrected chi connectivity index (χ3v) is 3.60. The Bertz CT molecular complexity index is 562. The molecule has 8 heteroatoms. The van der Waals surface area contributed by atoms with Crippen LogP contribution >= 0.6 is 34.8 Å². The van der Waals surface area contributed by atoms with Gasteiger partial charge in [0.25, 0.3) is 0 Å². The maximum Gasteiger partial charge on any atom is 0.246 e. The Labute approximate surface area is 157 Å². The lowest BCUT2D eigenvalue weighted by molar-refractivity contribution is -0.123. The number of halogens is 3. The highest BCUT2D eigenvalue weighted by Gasteiger charge is 2.36. The van der Waals surface area contributed by atoms with Gasteiger partial charge in [0.2, 0.25) is 21.8 Å². The molecule has 0 spiro atoms. The first-order valence-corrected chi connectivity index (χ1v) is 8.76. The van der Waals surface area contributed by atoms with Gasteiger partial charge in [-0.25, -0.2) is 0 Å². The van der Waals surface area contributed by atoms with Crippen molar-refractivity contribution in [1.29, 1.82) is 0 Å². The molecular formula is C16H21Cl3N2O3. The predicted molar refractivity (Wildman–Crippen MR) is 97.7 cm³/mol. The van der Waals surface area contributed by atoms with Crippen LogP contribution in [0.1, 0.15) is 39.5 Å². The molecule has 0 aliphatic carbocycles. The summed E-state index contributed by atoms with van der Waals surface area (Å²) in [5.41, 5.74) is 0.539. The Morgan fingerprint density at radius 3 is 2.54 bits per heavy atom. The van der Waals surface area contributed by atoms with Gasteiger partial charge in [0.05, 0.1) is 0 Å². The molecule has 1 rings (SSSR count). The zero-order chi connectivity index (χ0) is 18.2. The molecule has 24 heavy (non-hydrogen) atoms. The summed E-state index contributed by atoms with van der Waals surface area (Å²) in [4.78, 5) is 23.1. The molecule has 1 atom stereocenters. The Morgan fingerprint density at radius 2 is 1.96 bits per heavy atom. The van der Waals surface area contributed by atoms with Crippen molar-refractivity contribution in [2.24, 2.45) is 0 Å². The summed E-state index contributed by atoms with van der Waals surface area (Å²) in [5, 5.41) is 5.21. The summed E-state index contributed by atoms with van der Waals surface area (Å²) in [6.45, 7) is 3.45. The molecule has 1 aromatic rings. The molecule has 0 unspecified atom stereocenters. The molecule has 0 saturated heterocycles. The average Bonchev–Trinajstić information content (AvgIpc) is 2.45. The van der Waals surface area contributed by atoms with Crippen LogP contribution in [-0.2, 0) is 9.59 Å². The Balaban J connectivity index is 2.76. The van der Waals surface area contributed by atoms with Crippen LogP contribution < -0.4 is 15.4 Å². The third-order valence-electron chi connectivity index (χ3n) is 3.01. The topological polar surface area (TPSA) is 67.4 Å². The van der Waals surface area contributed by atoms with E-state index in [-0.39, 0.29) is 11.8 Å². The SMILES string of the molecule is CCCCCC(=O)N[C@H](Oc1cccc(NC(C)=O)c1)C(Cl)(Cl)Cl. The van der Waals surface area contributed by atoms with E-state index in [1.165, 1.54) is 6.92 Å². The van der Waals surface area contributed by atoms with Gasteiger partial charge in [-0.15, -0.1) is 0 Å². The van der Waals surface area contributed by atoms with Crippen LogP contribution in [0, 0.1) is 0 Å². The van der Waals surface area contributed by atoms with Crippen molar-refractivity contribution in [3.05, 3.63) is 24.3 Å². The van der Waals surface area contributed by atoms with E-state index in [0.29, 0.717) is 17.9 Å². The fourth-order valence-electron chi connectivity index (χ4n) is 1.92.